The zero-order valence-electron chi connectivity index (χ0n) is 8.92. The van der Waals surface area contributed by atoms with E-state index in [9.17, 15) is 0 Å². The Hall–Kier alpha value is -0.0400. The molecule has 0 spiro atoms. The van der Waals surface area contributed by atoms with Crippen LogP contribution in [-0.4, -0.2) is 11.7 Å². The highest BCUT2D eigenvalue weighted by Crippen LogP contribution is 2.63. The molecule has 1 nitrogen and oxygen atoms in total. The van der Waals surface area contributed by atoms with Gasteiger partial charge in [-0.2, -0.15) is 0 Å². The van der Waals surface area contributed by atoms with E-state index in [4.69, 9.17) is 5.11 Å². The molecule has 4 unspecified atom stereocenters. The first kappa shape index (κ1) is 9.51. The zero-order chi connectivity index (χ0) is 9.47. The molecule has 76 valence electrons. The lowest BCUT2D eigenvalue weighted by Gasteiger charge is -2.30. The number of fused-ring (bicyclic) bond motifs is 1. The summed E-state index contributed by atoms with van der Waals surface area (Å²) in [6, 6.07) is 0. The SMILES string of the molecule is CC(CCO)C1CCC2(C)CC2C1. The van der Waals surface area contributed by atoms with E-state index >= 15 is 0 Å². The first-order valence-electron chi connectivity index (χ1n) is 5.76. The molecule has 1 N–H and O–H groups in total. The largest absolute Gasteiger partial charge is 0.396 e. The van der Waals surface area contributed by atoms with Crippen molar-refractivity contribution >= 4 is 0 Å². The Morgan fingerprint density at radius 3 is 2.92 bits per heavy atom. The monoisotopic (exact) mass is 182 g/mol. The molecule has 0 heterocycles. The maximum Gasteiger partial charge on any atom is 0.0433 e. The molecule has 0 aromatic carbocycles. The van der Waals surface area contributed by atoms with Crippen LogP contribution in [0.3, 0.4) is 0 Å². The summed E-state index contributed by atoms with van der Waals surface area (Å²) in [7, 11) is 0. The van der Waals surface area contributed by atoms with Crippen molar-refractivity contribution in [3.63, 3.8) is 0 Å². The van der Waals surface area contributed by atoms with E-state index in [0.717, 1.165) is 29.6 Å². The van der Waals surface area contributed by atoms with Crippen LogP contribution < -0.4 is 0 Å². The van der Waals surface area contributed by atoms with Crippen molar-refractivity contribution in [1.82, 2.24) is 0 Å². The van der Waals surface area contributed by atoms with Gasteiger partial charge in [-0.15, -0.1) is 0 Å². The Labute approximate surface area is 81.5 Å². The predicted molar refractivity (Wildman–Crippen MR) is 54.4 cm³/mol. The van der Waals surface area contributed by atoms with Crippen molar-refractivity contribution in [3.8, 4) is 0 Å². The van der Waals surface area contributed by atoms with Gasteiger partial charge in [-0.1, -0.05) is 13.8 Å². The molecule has 0 aromatic rings. The van der Waals surface area contributed by atoms with Crippen LogP contribution in [0.15, 0.2) is 0 Å². The van der Waals surface area contributed by atoms with Crippen LogP contribution in [0, 0.1) is 23.2 Å². The minimum absolute atomic E-state index is 0.375. The van der Waals surface area contributed by atoms with Crippen molar-refractivity contribution in [3.05, 3.63) is 0 Å². The number of hydrogen-bond donors (Lipinski definition) is 1. The van der Waals surface area contributed by atoms with Crippen LogP contribution in [0.5, 0.6) is 0 Å². The molecule has 4 atom stereocenters. The van der Waals surface area contributed by atoms with E-state index in [1.165, 1.54) is 25.7 Å². The van der Waals surface area contributed by atoms with Crippen LogP contribution in [0.4, 0.5) is 0 Å². The number of rotatable bonds is 3. The predicted octanol–water partition coefficient (Wildman–Crippen LogP) is 2.83. The average Bonchev–Trinajstić information content (AvgIpc) is 2.75. The highest BCUT2D eigenvalue weighted by molar-refractivity contribution is 5.03. The Balaban J connectivity index is 1.83. The summed E-state index contributed by atoms with van der Waals surface area (Å²) in [4.78, 5) is 0. The van der Waals surface area contributed by atoms with E-state index in [-0.39, 0.29) is 0 Å². The minimum Gasteiger partial charge on any atom is -0.396 e. The molecule has 2 aliphatic rings. The van der Waals surface area contributed by atoms with E-state index < -0.39 is 0 Å². The molecule has 2 fully saturated rings. The van der Waals surface area contributed by atoms with Gasteiger partial charge in [0.1, 0.15) is 0 Å². The average molecular weight is 182 g/mol. The summed E-state index contributed by atoms with van der Waals surface area (Å²) in [5.41, 5.74) is 0.745. The van der Waals surface area contributed by atoms with Gasteiger partial charge in [0.15, 0.2) is 0 Å². The molecular weight excluding hydrogens is 160 g/mol. The lowest BCUT2D eigenvalue weighted by molar-refractivity contribution is 0.177. The highest BCUT2D eigenvalue weighted by atomic mass is 16.3. The van der Waals surface area contributed by atoms with Crippen LogP contribution in [0.2, 0.25) is 0 Å². The van der Waals surface area contributed by atoms with Gasteiger partial charge >= 0.3 is 0 Å². The Bertz CT molecular complexity index is 190. The lowest BCUT2D eigenvalue weighted by atomic mass is 9.76. The summed E-state index contributed by atoms with van der Waals surface area (Å²) in [5, 5.41) is 8.89. The second-order valence-corrected chi connectivity index (χ2v) is 5.58. The van der Waals surface area contributed by atoms with Gasteiger partial charge < -0.3 is 5.11 Å². The summed E-state index contributed by atoms with van der Waals surface area (Å²) in [6.45, 7) is 5.14. The molecular formula is C12H22O. The summed E-state index contributed by atoms with van der Waals surface area (Å²) in [5.74, 6) is 2.69. The van der Waals surface area contributed by atoms with E-state index in [1.807, 2.05) is 0 Å². The van der Waals surface area contributed by atoms with Crippen LogP contribution in [0.25, 0.3) is 0 Å². The quantitative estimate of drug-likeness (QED) is 0.711. The molecule has 0 amide bonds. The van der Waals surface area contributed by atoms with Crippen molar-refractivity contribution < 1.29 is 5.11 Å². The van der Waals surface area contributed by atoms with Crippen LogP contribution >= 0.6 is 0 Å². The third-order valence-corrected chi connectivity index (χ3v) is 4.60. The van der Waals surface area contributed by atoms with E-state index in [2.05, 4.69) is 13.8 Å². The Kier molecular flexibility index (Phi) is 2.39. The normalized spacial score (nSPS) is 45.5. The molecule has 0 aliphatic heterocycles. The Morgan fingerprint density at radius 2 is 2.31 bits per heavy atom. The van der Waals surface area contributed by atoms with Crippen molar-refractivity contribution in [2.24, 2.45) is 23.2 Å². The zero-order valence-corrected chi connectivity index (χ0v) is 8.92. The van der Waals surface area contributed by atoms with Gasteiger partial charge in [-0.25, -0.2) is 0 Å². The maximum absolute atomic E-state index is 8.89. The number of hydrogen-bond acceptors (Lipinski definition) is 1. The number of aliphatic hydroxyl groups is 1. The number of aliphatic hydroxyl groups excluding tert-OH is 1. The second-order valence-electron chi connectivity index (χ2n) is 5.58. The highest BCUT2D eigenvalue weighted by Gasteiger charge is 2.53. The smallest absolute Gasteiger partial charge is 0.0433 e. The summed E-state index contributed by atoms with van der Waals surface area (Å²) >= 11 is 0. The molecule has 0 radical (unpaired) electrons. The van der Waals surface area contributed by atoms with Crippen LogP contribution in [0.1, 0.15) is 46.0 Å². The fourth-order valence-electron chi connectivity index (χ4n) is 3.13. The van der Waals surface area contributed by atoms with Gasteiger partial charge in [0.2, 0.25) is 0 Å². The van der Waals surface area contributed by atoms with Crippen molar-refractivity contribution in [2.45, 2.75) is 46.0 Å². The molecule has 0 saturated heterocycles. The molecule has 13 heavy (non-hydrogen) atoms. The molecule has 0 bridgehead atoms. The summed E-state index contributed by atoms with van der Waals surface area (Å²) in [6.07, 6.45) is 6.79. The second kappa shape index (κ2) is 3.27. The maximum atomic E-state index is 8.89. The van der Waals surface area contributed by atoms with Crippen molar-refractivity contribution in [2.75, 3.05) is 6.61 Å². The topological polar surface area (TPSA) is 20.2 Å². The molecule has 2 saturated carbocycles. The summed E-state index contributed by atoms with van der Waals surface area (Å²) < 4.78 is 0. The first-order valence-corrected chi connectivity index (χ1v) is 5.76. The third-order valence-electron chi connectivity index (χ3n) is 4.60. The molecule has 1 heteroatoms. The standard InChI is InChI=1S/C12H22O/c1-9(4-6-13)10-3-5-12(2)8-11(12)7-10/h9-11,13H,3-8H2,1-2H3. The third kappa shape index (κ3) is 1.76. The van der Waals surface area contributed by atoms with Gasteiger partial charge in [0, 0.05) is 6.61 Å². The van der Waals surface area contributed by atoms with E-state index in [1.54, 1.807) is 0 Å². The molecule has 0 aromatic heterocycles. The van der Waals surface area contributed by atoms with Crippen LogP contribution in [-0.2, 0) is 0 Å². The minimum atomic E-state index is 0.375. The fourth-order valence-corrected chi connectivity index (χ4v) is 3.13. The van der Waals surface area contributed by atoms with Gasteiger partial charge in [0.05, 0.1) is 0 Å². The van der Waals surface area contributed by atoms with Gasteiger partial charge in [-0.3, -0.25) is 0 Å². The van der Waals surface area contributed by atoms with Crippen molar-refractivity contribution in [1.29, 1.82) is 0 Å². The van der Waals surface area contributed by atoms with Gasteiger partial charge in [0.25, 0.3) is 0 Å². The van der Waals surface area contributed by atoms with E-state index in [0.29, 0.717) is 6.61 Å². The molecule has 2 aliphatic carbocycles. The fraction of sp³-hybridized carbons (Fsp3) is 1.00. The molecule has 2 rings (SSSR count). The van der Waals surface area contributed by atoms with Gasteiger partial charge in [-0.05, 0) is 55.3 Å². The first-order chi connectivity index (χ1) is 6.15. The Morgan fingerprint density at radius 1 is 1.54 bits per heavy atom. The lowest BCUT2D eigenvalue weighted by Crippen LogP contribution is -2.20.